The minimum absolute atomic E-state index is 0. The van der Waals surface area contributed by atoms with Crippen LogP contribution in [-0.2, 0) is 16.1 Å². The number of amides is 1. The van der Waals surface area contributed by atoms with Gasteiger partial charge in [-0.05, 0) is 84.8 Å². The molecule has 2 unspecified atom stereocenters. The fourth-order valence-electron chi connectivity index (χ4n) is 5.38. The molecular weight excluding hydrogens is 368 g/mol. The normalized spacial score (nSPS) is 30.6. The monoisotopic (exact) mass is 396 g/mol. The van der Waals surface area contributed by atoms with Crippen LogP contribution < -0.4 is 5.32 Å². The summed E-state index contributed by atoms with van der Waals surface area (Å²) in [5.41, 5.74) is 1.99. The molecule has 2 aliphatic carbocycles. The predicted octanol–water partition coefficient (Wildman–Crippen LogP) is 3.46. The molecule has 0 aromatic carbocycles. The molecule has 0 radical (unpaired) electrons. The highest BCUT2D eigenvalue weighted by Gasteiger charge is 2.63. The molecule has 3 heterocycles. The molecule has 1 amide bonds. The zero-order valence-electron chi connectivity index (χ0n) is 15.2. The number of hydrogen-bond acceptors (Lipinski definition) is 4. The van der Waals surface area contributed by atoms with E-state index in [4.69, 9.17) is 4.74 Å². The van der Waals surface area contributed by atoms with Crippen LogP contribution in [0.3, 0.4) is 0 Å². The molecule has 6 heteroatoms. The van der Waals surface area contributed by atoms with Gasteiger partial charge in [-0.15, -0.1) is 12.4 Å². The van der Waals surface area contributed by atoms with Gasteiger partial charge in [-0.2, -0.15) is 11.3 Å². The van der Waals surface area contributed by atoms with E-state index in [1.54, 1.807) is 11.3 Å². The molecule has 2 atom stereocenters. The SMILES string of the molecule is Cl.O=C(C1CC12CCOCC2)N(Cc1ccsc1)C1CC12CCNCC2. The first kappa shape index (κ1) is 18.7. The molecule has 2 saturated carbocycles. The van der Waals surface area contributed by atoms with E-state index in [9.17, 15) is 4.79 Å². The second-order valence-electron chi connectivity index (χ2n) is 8.66. The van der Waals surface area contributed by atoms with E-state index in [1.165, 1.54) is 24.8 Å². The maximum atomic E-state index is 13.5. The third kappa shape index (κ3) is 3.21. The van der Waals surface area contributed by atoms with Gasteiger partial charge in [0.15, 0.2) is 0 Å². The van der Waals surface area contributed by atoms with Gasteiger partial charge in [0.05, 0.1) is 0 Å². The molecule has 4 aliphatic rings. The van der Waals surface area contributed by atoms with Gasteiger partial charge >= 0.3 is 0 Å². The Morgan fingerprint density at radius 2 is 1.96 bits per heavy atom. The van der Waals surface area contributed by atoms with Crippen molar-refractivity contribution < 1.29 is 9.53 Å². The second-order valence-corrected chi connectivity index (χ2v) is 9.44. The Bertz CT molecular complexity index is 638. The first-order valence-corrected chi connectivity index (χ1v) is 10.8. The summed E-state index contributed by atoms with van der Waals surface area (Å²) in [6, 6.07) is 2.65. The Labute approximate surface area is 166 Å². The zero-order chi connectivity index (χ0) is 16.9. The molecule has 4 fully saturated rings. The van der Waals surface area contributed by atoms with Crippen molar-refractivity contribution in [3.05, 3.63) is 22.4 Å². The molecule has 0 bridgehead atoms. The summed E-state index contributed by atoms with van der Waals surface area (Å²) in [6.07, 6.45) is 6.93. The largest absolute Gasteiger partial charge is 0.381 e. The van der Waals surface area contributed by atoms with Crippen molar-refractivity contribution in [3.8, 4) is 0 Å². The van der Waals surface area contributed by atoms with Crippen LogP contribution in [0.15, 0.2) is 16.8 Å². The van der Waals surface area contributed by atoms with Crippen molar-refractivity contribution in [2.45, 2.75) is 51.1 Å². The highest BCUT2D eigenvalue weighted by atomic mass is 35.5. The van der Waals surface area contributed by atoms with Crippen LogP contribution in [0.25, 0.3) is 0 Å². The average Bonchev–Trinajstić information content (AvgIpc) is 3.43. The van der Waals surface area contributed by atoms with Crippen molar-refractivity contribution in [3.63, 3.8) is 0 Å². The Morgan fingerprint density at radius 1 is 1.19 bits per heavy atom. The van der Waals surface area contributed by atoms with E-state index in [-0.39, 0.29) is 23.7 Å². The Hall–Kier alpha value is -0.620. The van der Waals surface area contributed by atoms with Gasteiger partial charge in [0.1, 0.15) is 0 Å². The fraction of sp³-hybridized carbons (Fsp3) is 0.750. The Balaban J connectivity index is 0.00000168. The van der Waals surface area contributed by atoms with Crippen LogP contribution in [0.1, 0.15) is 44.1 Å². The van der Waals surface area contributed by atoms with Crippen LogP contribution in [0, 0.1) is 16.7 Å². The van der Waals surface area contributed by atoms with Gasteiger partial charge in [0, 0.05) is 31.7 Å². The van der Waals surface area contributed by atoms with Gasteiger partial charge in [0.25, 0.3) is 0 Å². The topological polar surface area (TPSA) is 41.6 Å². The molecule has 1 aromatic rings. The number of nitrogens with zero attached hydrogens (tertiary/aromatic N) is 1. The zero-order valence-corrected chi connectivity index (χ0v) is 16.9. The summed E-state index contributed by atoms with van der Waals surface area (Å²) < 4.78 is 5.54. The molecule has 4 nitrogen and oxygen atoms in total. The van der Waals surface area contributed by atoms with E-state index in [1.807, 2.05) is 0 Å². The second kappa shape index (κ2) is 7.08. The Morgan fingerprint density at radius 3 is 2.65 bits per heavy atom. The molecule has 1 N–H and O–H groups in total. The number of thiophene rings is 1. The van der Waals surface area contributed by atoms with Crippen LogP contribution in [-0.4, -0.2) is 43.2 Å². The van der Waals surface area contributed by atoms with E-state index in [2.05, 4.69) is 27.0 Å². The highest BCUT2D eigenvalue weighted by molar-refractivity contribution is 7.07. The van der Waals surface area contributed by atoms with Gasteiger partial charge in [-0.3, -0.25) is 4.79 Å². The molecule has 5 rings (SSSR count). The quantitative estimate of drug-likeness (QED) is 0.847. The predicted molar refractivity (Wildman–Crippen MR) is 106 cm³/mol. The lowest BCUT2D eigenvalue weighted by Crippen LogP contribution is -2.40. The van der Waals surface area contributed by atoms with E-state index in [0.29, 0.717) is 17.4 Å². The van der Waals surface area contributed by atoms with Crippen LogP contribution >= 0.6 is 23.7 Å². The third-order valence-electron chi connectivity index (χ3n) is 7.31. The van der Waals surface area contributed by atoms with Crippen molar-refractivity contribution >= 4 is 29.7 Å². The Kier molecular flexibility index (Phi) is 5.10. The van der Waals surface area contributed by atoms with Crippen molar-refractivity contribution in [2.24, 2.45) is 16.7 Å². The van der Waals surface area contributed by atoms with E-state index >= 15 is 0 Å². The van der Waals surface area contributed by atoms with Crippen LogP contribution in [0.4, 0.5) is 0 Å². The fourth-order valence-corrected chi connectivity index (χ4v) is 6.04. The number of nitrogens with one attached hydrogen (secondary N) is 1. The molecule has 26 heavy (non-hydrogen) atoms. The highest BCUT2D eigenvalue weighted by Crippen LogP contribution is 2.62. The number of hydrogen-bond donors (Lipinski definition) is 1. The average molecular weight is 397 g/mol. The van der Waals surface area contributed by atoms with Crippen LogP contribution in [0.2, 0.25) is 0 Å². The lowest BCUT2D eigenvalue weighted by molar-refractivity contribution is -0.136. The molecule has 1 aromatic heterocycles. The lowest BCUT2D eigenvalue weighted by Gasteiger charge is -2.31. The van der Waals surface area contributed by atoms with E-state index < -0.39 is 0 Å². The van der Waals surface area contributed by atoms with Gasteiger partial charge in [-0.1, -0.05) is 0 Å². The molecule has 2 spiro atoms. The summed E-state index contributed by atoms with van der Waals surface area (Å²) in [5, 5.41) is 7.81. The van der Waals surface area contributed by atoms with Crippen molar-refractivity contribution in [1.82, 2.24) is 10.2 Å². The molecular formula is C20H29ClN2O2S. The van der Waals surface area contributed by atoms with Crippen molar-refractivity contribution in [1.29, 1.82) is 0 Å². The first-order chi connectivity index (χ1) is 12.2. The smallest absolute Gasteiger partial charge is 0.226 e. The van der Waals surface area contributed by atoms with E-state index in [0.717, 1.165) is 52.1 Å². The van der Waals surface area contributed by atoms with Gasteiger partial charge in [-0.25, -0.2) is 0 Å². The number of carbonyl (C=O) groups is 1. The molecule has 2 aliphatic heterocycles. The van der Waals surface area contributed by atoms with Crippen molar-refractivity contribution in [2.75, 3.05) is 26.3 Å². The summed E-state index contributed by atoms with van der Waals surface area (Å²) in [4.78, 5) is 15.8. The number of carbonyl (C=O) groups excluding carboxylic acids is 1. The number of ether oxygens (including phenoxy) is 1. The summed E-state index contributed by atoms with van der Waals surface area (Å²) in [5.74, 6) is 0.697. The number of halogens is 1. The summed E-state index contributed by atoms with van der Waals surface area (Å²) in [7, 11) is 0. The standard InChI is InChI=1S/C20H28N2O2S.ClH/c23-18(16-11-19(16)4-8-24-9-5-19)22(13-15-1-10-25-14-15)17-12-20(17)2-6-21-7-3-20;/h1,10,14,16-17,21H,2-9,11-13H2;1H. The third-order valence-corrected chi connectivity index (χ3v) is 8.05. The summed E-state index contributed by atoms with van der Waals surface area (Å²) in [6.45, 7) is 4.72. The maximum absolute atomic E-state index is 13.5. The summed E-state index contributed by atoms with van der Waals surface area (Å²) >= 11 is 1.73. The number of piperidine rings is 1. The lowest BCUT2D eigenvalue weighted by atomic mass is 9.92. The molecule has 144 valence electrons. The minimum atomic E-state index is 0. The first-order valence-electron chi connectivity index (χ1n) is 9.83. The minimum Gasteiger partial charge on any atom is -0.381 e. The maximum Gasteiger partial charge on any atom is 0.226 e. The molecule has 2 saturated heterocycles. The van der Waals surface area contributed by atoms with Gasteiger partial charge in [0.2, 0.25) is 5.91 Å². The number of rotatable bonds is 4. The van der Waals surface area contributed by atoms with Gasteiger partial charge < -0.3 is 15.0 Å². The van der Waals surface area contributed by atoms with Crippen LogP contribution in [0.5, 0.6) is 0 Å².